The number of benzene rings is 1. The van der Waals surface area contributed by atoms with Crippen LogP contribution in [0.4, 0.5) is 5.69 Å². The average Bonchev–Trinajstić information content (AvgIpc) is 2.36. The first-order chi connectivity index (χ1) is 8.85. The quantitative estimate of drug-likeness (QED) is 0.711. The molecule has 19 heavy (non-hydrogen) atoms. The Hall–Kier alpha value is -1.60. The lowest BCUT2D eigenvalue weighted by atomic mass is 10.3. The maximum atomic E-state index is 11.5. The van der Waals surface area contributed by atoms with Crippen LogP contribution >= 0.6 is 0 Å². The van der Waals surface area contributed by atoms with Crippen LogP contribution in [0, 0.1) is 0 Å². The molecule has 0 atom stereocenters. The van der Waals surface area contributed by atoms with Crippen LogP contribution in [0.2, 0.25) is 0 Å². The van der Waals surface area contributed by atoms with Crippen LogP contribution in [0.25, 0.3) is 0 Å². The maximum absolute atomic E-state index is 11.5. The van der Waals surface area contributed by atoms with Gasteiger partial charge in [-0.2, -0.15) is 0 Å². The average molecular weight is 285 g/mol. The highest BCUT2D eigenvalue weighted by Gasteiger charge is 2.10. The zero-order valence-corrected chi connectivity index (χ0v) is 12.0. The summed E-state index contributed by atoms with van der Waals surface area (Å²) in [7, 11) is -2.06. The Balaban J connectivity index is 2.61. The van der Waals surface area contributed by atoms with Gasteiger partial charge in [-0.05, 0) is 45.2 Å². The molecule has 0 aliphatic heterocycles. The van der Waals surface area contributed by atoms with Crippen LogP contribution in [0.5, 0.6) is 0 Å². The van der Waals surface area contributed by atoms with Gasteiger partial charge >= 0.3 is 0 Å². The van der Waals surface area contributed by atoms with Gasteiger partial charge in [-0.25, -0.2) is 13.1 Å². The summed E-state index contributed by atoms with van der Waals surface area (Å²) in [6.07, 6.45) is 0. The molecular weight excluding hydrogens is 266 g/mol. The van der Waals surface area contributed by atoms with E-state index in [1.807, 2.05) is 13.8 Å². The zero-order valence-electron chi connectivity index (χ0n) is 11.2. The standard InChI is InChI=1S/C12H19N3O3S/c1-9(2)15-12(16)8-14-10-4-6-11(7-5-10)19(17,18)13-3/h4-7,9,13-14H,8H2,1-3H3,(H,15,16). The second kappa shape index (κ2) is 6.53. The summed E-state index contributed by atoms with van der Waals surface area (Å²) >= 11 is 0. The van der Waals surface area contributed by atoms with Crippen molar-refractivity contribution in [2.24, 2.45) is 0 Å². The molecule has 0 fully saturated rings. The van der Waals surface area contributed by atoms with E-state index in [4.69, 9.17) is 0 Å². The molecule has 1 rings (SSSR count). The lowest BCUT2D eigenvalue weighted by Gasteiger charge is -2.10. The molecule has 0 bridgehead atoms. The molecule has 1 aromatic carbocycles. The molecule has 0 heterocycles. The Bertz CT molecular complexity index is 524. The summed E-state index contributed by atoms with van der Waals surface area (Å²) < 4.78 is 25.2. The summed E-state index contributed by atoms with van der Waals surface area (Å²) in [5, 5.41) is 5.67. The van der Waals surface area contributed by atoms with Crippen LogP contribution in [0.3, 0.4) is 0 Å². The highest BCUT2D eigenvalue weighted by Crippen LogP contribution is 2.13. The van der Waals surface area contributed by atoms with Crippen molar-refractivity contribution in [3.63, 3.8) is 0 Å². The summed E-state index contributed by atoms with van der Waals surface area (Å²) in [4.78, 5) is 11.6. The van der Waals surface area contributed by atoms with Crippen molar-refractivity contribution in [3.05, 3.63) is 24.3 Å². The smallest absolute Gasteiger partial charge is 0.240 e. The first-order valence-electron chi connectivity index (χ1n) is 5.92. The highest BCUT2D eigenvalue weighted by molar-refractivity contribution is 7.89. The van der Waals surface area contributed by atoms with Crippen molar-refractivity contribution < 1.29 is 13.2 Å². The Morgan fingerprint density at radius 1 is 1.21 bits per heavy atom. The first-order valence-corrected chi connectivity index (χ1v) is 7.40. The van der Waals surface area contributed by atoms with Crippen molar-refractivity contribution in [1.29, 1.82) is 0 Å². The fourth-order valence-corrected chi connectivity index (χ4v) is 2.16. The number of rotatable bonds is 6. The molecule has 6 nitrogen and oxygen atoms in total. The Morgan fingerprint density at radius 2 is 1.79 bits per heavy atom. The number of carbonyl (C=O) groups is 1. The molecule has 106 valence electrons. The van der Waals surface area contributed by atoms with E-state index in [1.165, 1.54) is 19.2 Å². The molecule has 3 N–H and O–H groups in total. The lowest BCUT2D eigenvalue weighted by molar-refractivity contribution is -0.119. The maximum Gasteiger partial charge on any atom is 0.240 e. The van der Waals surface area contributed by atoms with E-state index >= 15 is 0 Å². The number of hydrogen-bond donors (Lipinski definition) is 3. The topological polar surface area (TPSA) is 87.3 Å². The molecule has 0 aliphatic rings. The highest BCUT2D eigenvalue weighted by atomic mass is 32.2. The number of amides is 1. The van der Waals surface area contributed by atoms with Crippen molar-refractivity contribution in [3.8, 4) is 0 Å². The molecule has 1 aromatic rings. The largest absolute Gasteiger partial charge is 0.376 e. The second-order valence-corrected chi connectivity index (χ2v) is 6.19. The zero-order chi connectivity index (χ0) is 14.5. The third-order valence-corrected chi connectivity index (χ3v) is 3.77. The molecule has 0 aromatic heterocycles. The molecule has 0 saturated heterocycles. The molecule has 0 spiro atoms. The third-order valence-electron chi connectivity index (χ3n) is 2.34. The number of sulfonamides is 1. The van der Waals surface area contributed by atoms with Gasteiger partial charge in [-0.3, -0.25) is 4.79 Å². The van der Waals surface area contributed by atoms with E-state index in [1.54, 1.807) is 12.1 Å². The normalized spacial score (nSPS) is 11.4. The molecule has 0 saturated carbocycles. The molecule has 0 aliphatic carbocycles. The van der Waals surface area contributed by atoms with Gasteiger partial charge < -0.3 is 10.6 Å². The minimum absolute atomic E-state index is 0.0949. The number of anilines is 1. The van der Waals surface area contributed by atoms with E-state index in [0.29, 0.717) is 5.69 Å². The predicted octanol–water partition coefficient (Wildman–Crippen LogP) is 0.531. The summed E-state index contributed by atoms with van der Waals surface area (Å²) in [5.41, 5.74) is 0.689. The van der Waals surface area contributed by atoms with Gasteiger partial charge in [0.15, 0.2) is 0 Å². The predicted molar refractivity (Wildman–Crippen MR) is 74.5 cm³/mol. The van der Waals surface area contributed by atoms with Gasteiger partial charge in [0.25, 0.3) is 0 Å². The monoisotopic (exact) mass is 285 g/mol. The van der Waals surface area contributed by atoms with E-state index < -0.39 is 10.0 Å². The van der Waals surface area contributed by atoms with Crippen molar-refractivity contribution in [1.82, 2.24) is 10.0 Å². The van der Waals surface area contributed by atoms with E-state index in [0.717, 1.165) is 0 Å². The van der Waals surface area contributed by atoms with Gasteiger partial charge in [-0.15, -0.1) is 0 Å². The van der Waals surface area contributed by atoms with Crippen molar-refractivity contribution in [2.75, 3.05) is 18.9 Å². The summed E-state index contributed by atoms with van der Waals surface area (Å²) in [6.45, 7) is 3.92. The SMILES string of the molecule is CNS(=O)(=O)c1ccc(NCC(=O)NC(C)C)cc1. The van der Waals surface area contributed by atoms with Crippen LogP contribution in [-0.2, 0) is 14.8 Å². The van der Waals surface area contributed by atoms with E-state index in [2.05, 4.69) is 15.4 Å². The number of carbonyl (C=O) groups excluding carboxylic acids is 1. The lowest BCUT2D eigenvalue weighted by Crippen LogP contribution is -2.34. The number of hydrogen-bond acceptors (Lipinski definition) is 4. The Kier molecular flexibility index (Phi) is 5.31. The molecular formula is C12H19N3O3S. The number of nitrogens with one attached hydrogen (secondary N) is 3. The van der Waals surface area contributed by atoms with Crippen molar-refractivity contribution >= 4 is 21.6 Å². The van der Waals surface area contributed by atoms with Crippen molar-refractivity contribution in [2.45, 2.75) is 24.8 Å². The van der Waals surface area contributed by atoms with Crippen LogP contribution < -0.4 is 15.4 Å². The third kappa shape index (κ3) is 4.88. The summed E-state index contributed by atoms with van der Waals surface area (Å²) in [5.74, 6) is -0.109. The van der Waals surface area contributed by atoms with Gasteiger partial charge in [0.05, 0.1) is 11.4 Å². The second-order valence-electron chi connectivity index (χ2n) is 4.31. The van der Waals surface area contributed by atoms with Gasteiger partial charge in [-0.1, -0.05) is 0 Å². The Morgan fingerprint density at radius 3 is 2.26 bits per heavy atom. The first kappa shape index (κ1) is 15.5. The van der Waals surface area contributed by atoms with Crippen LogP contribution in [-0.4, -0.2) is 34.0 Å². The van der Waals surface area contributed by atoms with Gasteiger partial charge in [0, 0.05) is 11.7 Å². The molecule has 1 amide bonds. The van der Waals surface area contributed by atoms with Crippen LogP contribution in [0.1, 0.15) is 13.8 Å². The van der Waals surface area contributed by atoms with E-state index in [9.17, 15) is 13.2 Å². The van der Waals surface area contributed by atoms with Crippen LogP contribution in [0.15, 0.2) is 29.2 Å². The molecule has 0 radical (unpaired) electrons. The molecule has 7 heteroatoms. The fraction of sp³-hybridized carbons (Fsp3) is 0.417. The Labute approximate surface area is 113 Å². The van der Waals surface area contributed by atoms with Gasteiger partial charge in [0.2, 0.25) is 15.9 Å². The fourth-order valence-electron chi connectivity index (χ4n) is 1.43. The van der Waals surface area contributed by atoms with E-state index in [-0.39, 0.29) is 23.4 Å². The molecule has 0 unspecified atom stereocenters. The minimum Gasteiger partial charge on any atom is -0.376 e. The van der Waals surface area contributed by atoms with Gasteiger partial charge in [0.1, 0.15) is 0 Å². The minimum atomic E-state index is -3.42. The summed E-state index contributed by atoms with van der Waals surface area (Å²) in [6, 6.07) is 6.29.